The zero-order valence-electron chi connectivity index (χ0n) is 22.8. The molecule has 1 saturated heterocycles. The number of hydrogen-bond donors (Lipinski definition) is 1. The summed E-state index contributed by atoms with van der Waals surface area (Å²) in [5.74, 6) is 1.65. The zero-order valence-corrected chi connectivity index (χ0v) is 22.8. The largest absolute Gasteiger partial charge is 0.496 e. The molecule has 39 heavy (non-hydrogen) atoms. The zero-order chi connectivity index (χ0) is 27.5. The Morgan fingerprint density at radius 1 is 0.974 bits per heavy atom. The molecule has 1 aliphatic heterocycles. The lowest BCUT2D eigenvalue weighted by Crippen LogP contribution is -2.34. The van der Waals surface area contributed by atoms with E-state index in [9.17, 15) is 9.59 Å². The molecule has 0 radical (unpaired) electrons. The summed E-state index contributed by atoms with van der Waals surface area (Å²) in [6.07, 6.45) is 1.76. The molecule has 7 heteroatoms. The number of carbonyl (C=O) groups is 1. The lowest BCUT2D eigenvalue weighted by Gasteiger charge is -2.25. The van der Waals surface area contributed by atoms with Crippen LogP contribution >= 0.6 is 0 Å². The standard InChI is InChI=1S/C32H33NO6/c1-19-6-5-7-21(14-19)26-16-22(8-9-28(26)36-3)27(34)17-24-15-23-18-29(37-4)31(20(2)30(23)39-32(24)35)38-25-10-12-33-13-11-25/h5-9,14-16,18,25,33H,10-13,17H2,1-4H3. The highest BCUT2D eigenvalue weighted by Gasteiger charge is 2.22. The fraction of sp³-hybridized carbons (Fsp3) is 0.312. The SMILES string of the molecule is COc1ccc(C(=O)Cc2cc3cc(OC)c(OC4CCNCC4)c(C)c3oc2=O)cc1-c1cccc(C)c1. The van der Waals surface area contributed by atoms with Crippen LogP contribution in [-0.2, 0) is 6.42 Å². The second kappa shape index (κ2) is 11.3. The predicted molar refractivity (Wildman–Crippen MR) is 151 cm³/mol. The van der Waals surface area contributed by atoms with Gasteiger partial charge in [-0.05, 0) is 75.7 Å². The molecule has 0 atom stereocenters. The average molecular weight is 528 g/mol. The summed E-state index contributed by atoms with van der Waals surface area (Å²) in [4.78, 5) is 26.4. The van der Waals surface area contributed by atoms with Crippen LogP contribution < -0.4 is 25.2 Å². The van der Waals surface area contributed by atoms with E-state index in [0.29, 0.717) is 39.3 Å². The molecule has 2 heterocycles. The molecule has 7 nitrogen and oxygen atoms in total. The summed E-state index contributed by atoms with van der Waals surface area (Å²) >= 11 is 0. The van der Waals surface area contributed by atoms with Gasteiger partial charge >= 0.3 is 5.63 Å². The van der Waals surface area contributed by atoms with Crippen LogP contribution in [0.25, 0.3) is 22.1 Å². The number of piperidine rings is 1. The highest BCUT2D eigenvalue weighted by Crippen LogP contribution is 2.38. The normalized spacial score (nSPS) is 13.8. The van der Waals surface area contributed by atoms with Crippen LogP contribution in [0.3, 0.4) is 0 Å². The Kier molecular flexibility index (Phi) is 7.70. The van der Waals surface area contributed by atoms with Gasteiger partial charge in [0.15, 0.2) is 17.3 Å². The first kappa shape index (κ1) is 26.5. The summed E-state index contributed by atoms with van der Waals surface area (Å²) in [7, 11) is 3.20. The van der Waals surface area contributed by atoms with Gasteiger partial charge in [-0.3, -0.25) is 4.79 Å². The van der Waals surface area contributed by atoms with Crippen molar-refractivity contribution >= 4 is 16.8 Å². The van der Waals surface area contributed by atoms with Crippen LogP contribution in [0.5, 0.6) is 17.2 Å². The van der Waals surface area contributed by atoms with E-state index in [0.717, 1.165) is 42.6 Å². The number of Topliss-reactive ketones (excluding diaryl/α,β-unsaturated/α-hetero) is 1. The maximum Gasteiger partial charge on any atom is 0.339 e. The van der Waals surface area contributed by atoms with Gasteiger partial charge in [-0.2, -0.15) is 0 Å². The molecular weight excluding hydrogens is 494 g/mol. The van der Waals surface area contributed by atoms with Gasteiger partial charge in [0.2, 0.25) is 0 Å². The lowest BCUT2D eigenvalue weighted by molar-refractivity contribution is 0.0992. The molecule has 5 rings (SSSR count). The van der Waals surface area contributed by atoms with Crippen molar-refractivity contribution in [2.45, 2.75) is 39.2 Å². The molecule has 3 aromatic carbocycles. The number of ketones is 1. The molecule has 0 saturated carbocycles. The molecule has 0 bridgehead atoms. The molecule has 0 spiro atoms. The number of methoxy groups -OCH3 is 2. The van der Waals surface area contributed by atoms with E-state index in [2.05, 4.69) is 5.32 Å². The van der Waals surface area contributed by atoms with Gasteiger partial charge in [0.25, 0.3) is 0 Å². The van der Waals surface area contributed by atoms with Crippen molar-refractivity contribution in [3.05, 3.63) is 87.3 Å². The maximum absolute atomic E-state index is 13.3. The van der Waals surface area contributed by atoms with Crippen LogP contribution in [0.15, 0.2) is 63.8 Å². The quantitative estimate of drug-likeness (QED) is 0.234. The van der Waals surface area contributed by atoms with E-state index < -0.39 is 5.63 Å². The van der Waals surface area contributed by atoms with Crippen molar-refractivity contribution in [1.29, 1.82) is 0 Å². The summed E-state index contributed by atoms with van der Waals surface area (Å²) < 4.78 is 23.2. The lowest BCUT2D eigenvalue weighted by atomic mass is 9.96. The first-order chi connectivity index (χ1) is 18.9. The van der Waals surface area contributed by atoms with Crippen molar-refractivity contribution in [3.8, 4) is 28.4 Å². The van der Waals surface area contributed by atoms with Gasteiger partial charge in [0.1, 0.15) is 17.4 Å². The smallest absolute Gasteiger partial charge is 0.339 e. The van der Waals surface area contributed by atoms with Gasteiger partial charge < -0.3 is 23.9 Å². The second-order valence-electron chi connectivity index (χ2n) is 9.96. The summed E-state index contributed by atoms with van der Waals surface area (Å²) in [6.45, 7) is 5.67. The first-order valence-corrected chi connectivity index (χ1v) is 13.2. The fourth-order valence-electron chi connectivity index (χ4n) is 5.12. The van der Waals surface area contributed by atoms with Gasteiger partial charge in [0.05, 0.1) is 14.2 Å². The van der Waals surface area contributed by atoms with Crippen molar-refractivity contribution in [2.24, 2.45) is 0 Å². The summed E-state index contributed by atoms with van der Waals surface area (Å²) in [6, 6.07) is 16.9. The molecule has 4 aromatic rings. The summed E-state index contributed by atoms with van der Waals surface area (Å²) in [5.41, 5.74) is 4.26. The van der Waals surface area contributed by atoms with Crippen molar-refractivity contribution in [2.75, 3.05) is 27.3 Å². The van der Waals surface area contributed by atoms with Gasteiger partial charge in [-0.1, -0.05) is 29.8 Å². The van der Waals surface area contributed by atoms with Crippen molar-refractivity contribution in [3.63, 3.8) is 0 Å². The Hall–Kier alpha value is -4.10. The molecule has 1 N–H and O–H groups in total. The Morgan fingerprint density at radius 2 is 1.74 bits per heavy atom. The predicted octanol–water partition coefficient (Wildman–Crippen LogP) is 5.65. The highest BCUT2D eigenvalue weighted by atomic mass is 16.5. The Bertz CT molecular complexity index is 1580. The minimum atomic E-state index is -0.538. The van der Waals surface area contributed by atoms with Crippen molar-refractivity contribution < 1.29 is 23.4 Å². The van der Waals surface area contributed by atoms with E-state index in [1.165, 1.54) is 0 Å². The van der Waals surface area contributed by atoms with E-state index in [4.69, 9.17) is 18.6 Å². The molecule has 1 fully saturated rings. The highest BCUT2D eigenvalue weighted by molar-refractivity contribution is 5.99. The summed E-state index contributed by atoms with van der Waals surface area (Å²) in [5, 5.41) is 4.01. The molecule has 1 aliphatic rings. The average Bonchev–Trinajstić information content (AvgIpc) is 2.95. The molecule has 0 aliphatic carbocycles. The van der Waals surface area contributed by atoms with Crippen LogP contribution in [0, 0.1) is 13.8 Å². The number of ether oxygens (including phenoxy) is 3. The monoisotopic (exact) mass is 527 g/mol. The topological polar surface area (TPSA) is 87.0 Å². The second-order valence-corrected chi connectivity index (χ2v) is 9.96. The van der Waals surface area contributed by atoms with Crippen LogP contribution in [0.1, 0.15) is 39.9 Å². The number of rotatable bonds is 8. The van der Waals surface area contributed by atoms with Gasteiger partial charge in [0, 0.05) is 34.1 Å². The van der Waals surface area contributed by atoms with E-state index in [1.807, 2.05) is 44.2 Å². The number of fused-ring (bicyclic) bond motifs is 1. The number of benzene rings is 3. The number of carbonyl (C=O) groups excluding carboxylic acids is 1. The van der Waals surface area contributed by atoms with Crippen LogP contribution in [0.4, 0.5) is 0 Å². The number of aryl methyl sites for hydroxylation is 2. The van der Waals surface area contributed by atoms with Crippen LogP contribution in [-0.4, -0.2) is 39.2 Å². The third kappa shape index (κ3) is 5.54. The van der Waals surface area contributed by atoms with E-state index in [-0.39, 0.29) is 23.9 Å². The molecule has 0 amide bonds. The molecule has 1 aromatic heterocycles. The Labute approximate surface area is 227 Å². The third-order valence-electron chi connectivity index (χ3n) is 7.23. The van der Waals surface area contributed by atoms with Crippen LogP contribution in [0.2, 0.25) is 0 Å². The van der Waals surface area contributed by atoms with Gasteiger partial charge in [-0.25, -0.2) is 4.79 Å². The Morgan fingerprint density at radius 3 is 2.46 bits per heavy atom. The molecular formula is C32H33NO6. The van der Waals surface area contributed by atoms with Gasteiger partial charge in [-0.15, -0.1) is 0 Å². The number of nitrogens with one attached hydrogen (secondary N) is 1. The maximum atomic E-state index is 13.3. The van der Waals surface area contributed by atoms with E-state index in [1.54, 1.807) is 38.5 Å². The van der Waals surface area contributed by atoms with E-state index >= 15 is 0 Å². The third-order valence-corrected chi connectivity index (χ3v) is 7.23. The molecule has 202 valence electrons. The van der Waals surface area contributed by atoms with Crippen molar-refractivity contribution in [1.82, 2.24) is 5.32 Å². The minimum Gasteiger partial charge on any atom is -0.496 e. The minimum absolute atomic E-state index is 0.0640. The number of hydrogen-bond acceptors (Lipinski definition) is 7. The first-order valence-electron chi connectivity index (χ1n) is 13.2. The Balaban J connectivity index is 1.46. The molecule has 0 unspecified atom stereocenters. The fourth-order valence-corrected chi connectivity index (χ4v) is 5.12.